The van der Waals surface area contributed by atoms with Gasteiger partial charge in [-0.05, 0) is 35.7 Å². The van der Waals surface area contributed by atoms with Gasteiger partial charge in [-0.15, -0.1) is 0 Å². The van der Waals surface area contributed by atoms with Gasteiger partial charge in [-0.1, -0.05) is 32.0 Å². The molecule has 1 amide bonds. The Balaban J connectivity index is 2.24. The molecule has 4 nitrogen and oxygen atoms in total. The highest BCUT2D eigenvalue weighted by molar-refractivity contribution is 6.06. The Morgan fingerprint density at radius 2 is 1.80 bits per heavy atom. The molecule has 0 unspecified atom stereocenters. The van der Waals surface area contributed by atoms with Crippen LogP contribution in [0.25, 0.3) is 0 Å². The second-order valence-corrected chi connectivity index (χ2v) is 4.91. The fourth-order valence-electron chi connectivity index (χ4n) is 1.89. The number of amides is 1. The zero-order valence-electron chi connectivity index (χ0n) is 11.4. The van der Waals surface area contributed by atoms with Crippen LogP contribution in [0.15, 0.2) is 42.5 Å². The number of benzene rings is 2. The lowest BCUT2D eigenvalue weighted by Gasteiger charge is -2.10. The molecule has 0 heterocycles. The van der Waals surface area contributed by atoms with Gasteiger partial charge < -0.3 is 15.5 Å². The summed E-state index contributed by atoms with van der Waals surface area (Å²) in [6, 6.07) is 11.8. The molecule has 0 aliphatic heterocycles. The second-order valence-electron chi connectivity index (χ2n) is 4.91. The van der Waals surface area contributed by atoms with E-state index in [-0.39, 0.29) is 11.3 Å². The molecular formula is C16H17NO3. The lowest BCUT2D eigenvalue weighted by molar-refractivity contribution is 0.102. The van der Waals surface area contributed by atoms with Crippen LogP contribution >= 0.6 is 0 Å². The molecule has 0 atom stereocenters. The van der Waals surface area contributed by atoms with Crippen molar-refractivity contribution in [3.8, 4) is 11.5 Å². The predicted molar refractivity (Wildman–Crippen MR) is 78.3 cm³/mol. The smallest absolute Gasteiger partial charge is 0.259 e. The molecule has 0 aliphatic rings. The largest absolute Gasteiger partial charge is 0.504 e. The van der Waals surface area contributed by atoms with Crippen molar-refractivity contribution in [3.05, 3.63) is 53.6 Å². The van der Waals surface area contributed by atoms with E-state index in [0.717, 1.165) is 5.56 Å². The minimum absolute atomic E-state index is 0.0416. The second kappa shape index (κ2) is 5.65. The normalized spacial score (nSPS) is 10.6. The van der Waals surface area contributed by atoms with E-state index in [1.165, 1.54) is 18.2 Å². The number of hydrogen-bond donors (Lipinski definition) is 3. The number of carbonyl (C=O) groups is 1. The van der Waals surface area contributed by atoms with Gasteiger partial charge in [0.1, 0.15) is 0 Å². The van der Waals surface area contributed by atoms with Gasteiger partial charge in [-0.2, -0.15) is 0 Å². The van der Waals surface area contributed by atoms with E-state index in [0.29, 0.717) is 11.6 Å². The first kappa shape index (κ1) is 13.9. The molecule has 2 aromatic carbocycles. The average Bonchev–Trinajstić information content (AvgIpc) is 2.42. The number of nitrogens with one attached hydrogen (secondary N) is 1. The molecule has 104 valence electrons. The molecule has 0 saturated carbocycles. The van der Waals surface area contributed by atoms with Gasteiger partial charge in [0, 0.05) is 5.69 Å². The van der Waals surface area contributed by atoms with Crippen LogP contribution in [-0.4, -0.2) is 16.1 Å². The van der Waals surface area contributed by atoms with Crippen LogP contribution < -0.4 is 5.32 Å². The summed E-state index contributed by atoms with van der Waals surface area (Å²) in [4.78, 5) is 12.1. The number of rotatable bonds is 3. The minimum atomic E-state index is -0.459. The number of para-hydroxylation sites is 1. The number of phenols is 2. The van der Waals surface area contributed by atoms with Crippen molar-refractivity contribution in [2.24, 2.45) is 0 Å². The van der Waals surface area contributed by atoms with Crippen LogP contribution in [0, 0.1) is 0 Å². The monoisotopic (exact) mass is 271 g/mol. The Morgan fingerprint density at radius 1 is 1.10 bits per heavy atom. The minimum Gasteiger partial charge on any atom is -0.504 e. The summed E-state index contributed by atoms with van der Waals surface area (Å²) in [7, 11) is 0. The van der Waals surface area contributed by atoms with E-state index in [2.05, 4.69) is 19.2 Å². The van der Waals surface area contributed by atoms with E-state index in [9.17, 15) is 15.0 Å². The number of aromatic hydroxyl groups is 2. The van der Waals surface area contributed by atoms with Crippen molar-refractivity contribution in [2.75, 3.05) is 5.32 Å². The molecule has 0 saturated heterocycles. The zero-order valence-corrected chi connectivity index (χ0v) is 11.4. The summed E-state index contributed by atoms with van der Waals surface area (Å²) in [6.45, 7) is 4.14. The molecule has 0 aliphatic carbocycles. The molecule has 4 heteroatoms. The van der Waals surface area contributed by atoms with Crippen molar-refractivity contribution in [3.63, 3.8) is 0 Å². The SMILES string of the molecule is CC(C)c1cccc(NC(=O)c2cccc(O)c2O)c1. The van der Waals surface area contributed by atoms with E-state index >= 15 is 0 Å². The fraction of sp³-hybridized carbons (Fsp3) is 0.188. The van der Waals surface area contributed by atoms with Crippen LogP contribution in [0.1, 0.15) is 35.7 Å². The molecule has 0 spiro atoms. The molecule has 2 aromatic rings. The number of phenolic OH excluding ortho intramolecular Hbond substituents is 2. The summed E-state index contributed by atoms with van der Waals surface area (Å²) in [5.74, 6) is -0.820. The zero-order chi connectivity index (χ0) is 14.7. The standard InChI is InChI=1S/C16H17NO3/c1-10(2)11-5-3-6-12(9-11)17-16(20)13-7-4-8-14(18)15(13)19/h3-10,18-19H,1-2H3,(H,17,20). The molecule has 0 fully saturated rings. The van der Waals surface area contributed by atoms with Crippen molar-refractivity contribution in [2.45, 2.75) is 19.8 Å². The van der Waals surface area contributed by atoms with E-state index in [1.807, 2.05) is 18.2 Å². The van der Waals surface area contributed by atoms with Gasteiger partial charge in [0.15, 0.2) is 11.5 Å². The molecule has 2 rings (SSSR count). The predicted octanol–water partition coefficient (Wildman–Crippen LogP) is 3.47. The summed E-state index contributed by atoms with van der Waals surface area (Å²) in [5.41, 5.74) is 1.81. The van der Waals surface area contributed by atoms with E-state index in [1.54, 1.807) is 6.07 Å². The van der Waals surface area contributed by atoms with Crippen LogP contribution in [0.3, 0.4) is 0 Å². The Hall–Kier alpha value is -2.49. The Kier molecular flexibility index (Phi) is 3.94. The molecule has 3 N–H and O–H groups in total. The first-order valence-electron chi connectivity index (χ1n) is 6.41. The van der Waals surface area contributed by atoms with Crippen molar-refractivity contribution >= 4 is 11.6 Å². The molecule has 20 heavy (non-hydrogen) atoms. The Labute approximate surface area is 117 Å². The fourth-order valence-corrected chi connectivity index (χ4v) is 1.89. The van der Waals surface area contributed by atoms with Crippen molar-refractivity contribution in [1.82, 2.24) is 0 Å². The van der Waals surface area contributed by atoms with Gasteiger partial charge in [0.05, 0.1) is 5.56 Å². The van der Waals surface area contributed by atoms with E-state index in [4.69, 9.17) is 0 Å². The highest BCUT2D eigenvalue weighted by Crippen LogP contribution is 2.29. The van der Waals surface area contributed by atoms with Crippen LogP contribution in [0.4, 0.5) is 5.69 Å². The third-order valence-corrected chi connectivity index (χ3v) is 3.07. The molecular weight excluding hydrogens is 254 g/mol. The Bertz CT molecular complexity index is 635. The maximum Gasteiger partial charge on any atom is 0.259 e. The van der Waals surface area contributed by atoms with Gasteiger partial charge >= 0.3 is 0 Å². The maximum atomic E-state index is 12.1. The quantitative estimate of drug-likeness (QED) is 0.749. The molecule has 0 bridgehead atoms. The lowest BCUT2D eigenvalue weighted by atomic mass is 10.0. The summed E-state index contributed by atoms with van der Waals surface area (Å²) < 4.78 is 0. The maximum absolute atomic E-state index is 12.1. The van der Waals surface area contributed by atoms with Gasteiger partial charge in [0.25, 0.3) is 5.91 Å². The number of anilines is 1. The van der Waals surface area contributed by atoms with Gasteiger partial charge in [-0.3, -0.25) is 4.79 Å². The summed E-state index contributed by atoms with van der Waals surface area (Å²) >= 11 is 0. The lowest BCUT2D eigenvalue weighted by Crippen LogP contribution is -2.12. The molecule has 0 radical (unpaired) electrons. The summed E-state index contributed by atoms with van der Waals surface area (Å²) in [6.07, 6.45) is 0. The van der Waals surface area contributed by atoms with E-state index < -0.39 is 11.7 Å². The van der Waals surface area contributed by atoms with Gasteiger partial charge in [0.2, 0.25) is 0 Å². The first-order valence-corrected chi connectivity index (χ1v) is 6.41. The van der Waals surface area contributed by atoms with Crippen molar-refractivity contribution in [1.29, 1.82) is 0 Å². The highest BCUT2D eigenvalue weighted by atomic mass is 16.3. The number of carbonyl (C=O) groups excluding carboxylic acids is 1. The summed E-state index contributed by atoms with van der Waals surface area (Å²) in [5, 5.41) is 21.8. The average molecular weight is 271 g/mol. The Morgan fingerprint density at radius 3 is 2.50 bits per heavy atom. The van der Waals surface area contributed by atoms with Crippen LogP contribution in [0.5, 0.6) is 11.5 Å². The van der Waals surface area contributed by atoms with Crippen LogP contribution in [-0.2, 0) is 0 Å². The van der Waals surface area contributed by atoms with Crippen LogP contribution in [0.2, 0.25) is 0 Å². The topological polar surface area (TPSA) is 69.6 Å². The van der Waals surface area contributed by atoms with Crippen molar-refractivity contribution < 1.29 is 15.0 Å². The first-order chi connectivity index (χ1) is 9.49. The highest BCUT2D eigenvalue weighted by Gasteiger charge is 2.14. The third kappa shape index (κ3) is 2.91. The third-order valence-electron chi connectivity index (χ3n) is 3.07. The molecule has 0 aromatic heterocycles. The van der Waals surface area contributed by atoms with Gasteiger partial charge in [-0.25, -0.2) is 0 Å². The number of hydrogen-bond acceptors (Lipinski definition) is 3.